The third kappa shape index (κ3) is 5.11. The number of hydrogen-bond acceptors (Lipinski definition) is 4. The number of carbonyl (C=O) groups is 2. The van der Waals surface area contributed by atoms with Crippen LogP contribution in [0.1, 0.15) is 28.3 Å². The minimum Gasteiger partial charge on any atom is -0.497 e. The summed E-state index contributed by atoms with van der Waals surface area (Å²) in [6, 6.07) is 11.8. The first-order chi connectivity index (χ1) is 13.9. The summed E-state index contributed by atoms with van der Waals surface area (Å²) in [5.74, 6) is -0.458. The Hall–Kier alpha value is -2.50. The summed E-state index contributed by atoms with van der Waals surface area (Å²) >= 11 is 12.0. The molecule has 7 heteroatoms. The summed E-state index contributed by atoms with van der Waals surface area (Å²) < 4.78 is 10.2. The zero-order valence-corrected chi connectivity index (χ0v) is 17.5. The summed E-state index contributed by atoms with van der Waals surface area (Å²) in [5, 5.41) is 3.74. The molecule has 0 bridgehead atoms. The van der Waals surface area contributed by atoms with Gasteiger partial charge in [0.25, 0.3) is 5.91 Å². The van der Waals surface area contributed by atoms with Crippen LogP contribution in [-0.2, 0) is 9.53 Å². The van der Waals surface area contributed by atoms with Gasteiger partial charge in [-0.2, -0.15) is 0 Å². The van der Waals surface area contributed by atoms with Gasteiger partial charge in [0, 0.05) is 21.7 Å². The van der Waals surface area contributed by atoms with Crippen molar-refractivity contribution >= 4 is 35.1 Å². The van der Waals surface area contributed by atoms with Crippen LogP contribution in [0.25, 0.3) is 0 Å². The fraction of sp³-hybridized carbons (Fsp3) is 0.273. The highest BCUT2D eigenvalue weighted by molar-refractivity contribution is 6.35. The van der Waals surface area contributed by atoms with Crippen LogP contribution in [0.5, 0.6) is 5.75 Å². The molecule has 0 saturated heterocycles. The van der Waals surface area contributed by atoms with E-state index in [1.807, 2.05) is 36.4 Å². The lowest BCUT2D eigenvalue weighted by Gasteiger charge is -2.22. The molecule has 0 saturated carbocycles. The molecule has 0 aliphatic heterocycles. The molecule has 1 aliphatic rings. The van der Waals surface area contributed by atoms with E-state index in [4.69, 9.17) is 32.7 Å². The van der Waals surface area contributed by atoms with Crippen LogP contribution in [0.15, 0.2) is 54.6 Å². The molecule has 5 nitrogen and oxygen atoms in total. The van der Waals surface area contributed by atoms with Crippen molar-refractivity contribution in [2.45, 2.75) is 18.4 Å². The second-order valence-electron chi connectivity index (χ2n) is 6.80. The molecule has 1 amide bonds. The Morgan fingerprint density at radius 1 is 1.03 bits per heavy atom. The molecule has 0 aromatic heterocycles. The number of amides is 1. The SMILES string of the molecule is COC(=O)[C@H](c1ccc(OC)cc1)[C@H]1C=C[C@H](NC(=O)c2cc(Cl)cc(Cl)c2)C1. The average molecular weight is 434 g/mol. The number of ether oxygens (including phenoxy) is 2. The number of esters is 1. The molecule has 3 atom stereocenters. The van der Waals surface area contributed by atoms with Crippen molar-refractivity contribution in [1.82, 2.24) is 5.32 Å². The van der Waals surface area contributed by atoms with Crippen LogP contribution in [0, 0.1) is 5.92 Å². The number of hydrogen-bond donors (Lipinski definition) is 1. The van der Waals surface area contributed by atoms with Gasteiger partial charge < -0.3 is 14.8 Å². The van der Waals surface area contributed by atoms with E-state index in [9.17, 15) is 9.59 Å². The lowest BCUT2D eigenvalue weighted by molar-refractivity contribution is -0.143. The van der Waals surface area contributed by atoms with Gasteiger partial charge in [-0.1, -0.05) is 47.5 Å². The molecule has 1 N–H and O–H groups in total. The molecule has 0 radical (unpaired) electrons. The van der Waals surface area contributed by atoms with Gasteiger partial charge in [-0.05, 0) is 48.2 Å². The quantitative estimate of drug-likeness (QED) is 0.532. The zero-order valence-electron chi connectivity index (χ0n) is 16.0. The number of halogens is 2. The lowest BCUT2D eigenvalue weighted by Crippen LogP contribution is -2.33. The largest absolute Gasteiger partial charge is 0.497 e. The number of nitrogens with one attached hydrogen (secondary N) is 1. The highest BCUT2D eigenvalue weighted by Crippen LogP contribution is 2.35. The Morgan fingerprint density at radius 2 is 1.69 bits per heavy atom. The van der Waals surface area contributed by atoms with Crippen molar-refractivity contribution in [3.05, 3.63) is 75.8 Å². The van der Waals surface area contributed by atoms with E-state index in [0.717, 1.165) is 5.56 Å². The van der Waals surface area contributed by atoms with Gasteiger partial charge >= 0.3 is 5.97 Å². The maximum absolute atomic E-state index is 12.5. The van der Waals surface area contributed by atoms with Crippen molar-refractivity contribution in [3.63, 3.8) is 0 Å². The van der Waals surface area contributed by atoms with E-state index in [2.05, 4.69) is 5.32 Å². The van der Waals surface area contributed by atoms with Crippen LogP contribution in [-0.4, -0.2) is 32.1 Å². The Bertz CT molecular complexity index is 907. The predicted molar refractivity (Wildman–Crippen MR) is 113 cm³/mol. The first-order valence-electron chi connectivity index (χ1n) is 9.08. The summed E-state index contributed by atoms with van der Waals surface area (Å²) in [6.07, 6.45) is 4.42. The predicted octanol–water partition coefficient (Wildman–Crippen LogP) is 4.63. The monoisotopic (exact) mass is 433 g/mol. The average Bonchev–Trinajstić information content (AvgIpc) is 3.15. The van der Waals surface area contributed by atoms with Crippen molar-refractivity contribution in [2.75, 3.05) is 14.2 Å². The highest BCUT2D eigenvalue weighted by atomic mass is 35.5. The second-order valence-corrected chi connectivity index (χ2v) is 7.67. The maximum Gasteiger partial charge on any atom is 0.313 e. The maximum atomic E-state index is 12.5. The van der Waals surface area contributed by atoms with E-state index in [1.54, 1.807) is 25.3 Å². The summed E-state index contributed by atoms with van der Waals surface area (Å²) in [6.45, 7) is 0. The van der Waals surface area contributed by atoms with Gasteiger partial charge in [-0.15, -0.1) is 0 Å². The first kappa shape index (κ1) is 21.2. The zero-order chi connectivity index (χ0) is 21.0. The summed E-state index contributed by atoms with van der Waals surface area (Å²) in [7, 11) is 2.96. The minimum atomic E-state index is -0.468. The molecule has 2 aromatic carbocycles. The van der Waals surface area contributed by atoms with Gasteiger partial charge in [-0.3, -0.25) is 9.59 Å². The standard InChI is InChI=1S/C22H21Cl2NO4/c1-28-19-7-4-13(5-8-19)20(22(27)29-2)14-3-6-18(11-14)25-21(26)15-9-16(23)12-17(24)10-15/h3-10,12,14,18,20H,11H2,1-2H3,(H,25,26)/t14-,18-,20+/m0/s1. The van der Waals surface area contributed by atoms with Gasteiger partial charge in [0.1, 0.15) is 5.75 Å². The third-order valence-electron chi connectivity index (χ3n) is 4.92. The van der Waals surface area contributed by atoms with Crippen molar-refractivity contribution < 1.29 is 19.1 Å². The first-order valence-corrected chi connectivity index (χ1v) is 9.84. The van der Waals surface area contributed by atoms with E-state index >= 15 is 0 Å². The van der Waals surface area contributed by atoms with Crippen molar-refractivity contribution in [3.8, 4) is 5.75 Å². The second kappa shape index (κ2) is 9.33. The van der Waals surface area contributed by atoms with Crippen LogP contribution in [0.3, 0.4) is 0 Å². The van der Waals surface area contributed by atoms with Gasteiger partial charge in [0.2, 0.25) is 0 Å². The highest BCUT2D eigenvalue weighted by Gasteiger charge is 2.34. The van der Waals surface area contributed by atoms with E-state index in [-0.39, 0.29) is 23.8 Å². The van der Waals surface area contributed by atoms with Crippen molar-refractivity contribution in [1.29, 1.82) is 0 Å². The molecule has 0 spiro atoms. The van der Waals surface area contributed by atoms with Gasteiger partial charge in [0.15, 0.2) is 0 Å². The number of carbonyl (C=O) groups excluding carboxylic acids is 2. The van der Waals surface area contributed by atoms with E-state index in [1.165, 1.54) is 7.11 Å². The summed E-state index contributed by atoms with van der Waals surface area (Å²) in [5.41, 5.74) is 1.22. The topological polar surface area (TPSA) is 64.6 Å². The van der Waals surface area contributed by atoms with Crippen LogP contribution in [0.2, 0.25) is 10.0 Å². The molecule has 3 rings (SSSR count). The molecule has 1 aliphatic carbocycles. The Morgan fingerprint density at radius 3 is 2.28 bits per heavy atom. The minimum absolute atomic E-state index is 0.107. The fourth-order valence-electron chi connectivity index (χ4n) is 3.51. The molecule has 0 fully saturated rings. The van der Waals surface area contributed by atoms with E-state index in [0.29, 0.717) is 27.8 Å². The third-order valence-corrected chi connectivity index (χ3v) is 5.35. The molecule has 2 aromatic rings. The number of methoxy groups -OCH3 is 2. The molecular weight excluding hydrogens is 413 g/mol. The molecule has 0 heterocycles. The fourth-order valence-corrected chi connectivity index (χ4v) is 4.04. The molecule has 152 valence electrons. The normalized spacial score (nSPS) is 18.9. The van der Waals surface area contributed by atoms with Crippen LogP contribution >= 0.6 is 23.2 Å². The Balaban J connectivity index is 1.72. The van der Waals surface area contributed by atoms with Gasteiger partial charge in [0.05, 0.1) is 20.1 Å². The Kier molecular flexibility index (Phi) is 6.83. The number of benzene rings is 2. The molecule has 0 unspecified atom stereocenters. The van der Waals surface area contributed by atoms with Crippen molar-refractivity contribution in [2.24, 2.45) is 5.92 Å². The molecule has 29 heavy (non-hydrogen) atoms. The summed E-state index contributed by atoms with van der Waals surface area (Å²) in [4.78, 5) is 25.0. The lowest BCUT2D eigenvalue weighted by atomic mass is 9.85. The van der Waals surface area contributed by atoms with Crippen LogP contribution in [0.4, 0.5) is 0 Å². The number of rotatable bonds is 6. The van der Waals surface area contributed by atoms with Gasteiger partial charge in [-0.25, -0.2) is 0 Å². The Labute approximate surface area is 179 Å². The van der Waals surface area contributed by atoms with Crippen LogP contribution < -0.4 is 10.1 Å². The number of allylic oxidation sites excluding steroid dienone is 1. The smallest absolute Gasteiger partial charge is 0.313 e. The van der Waals surface area contributed by atoms with E-state index < -0.39 is 5.92 Å². The molecular formula is C22H21Cl2NO4.